The van der Waals surface area contributed by atoms with Crippen LogP contribution in [0.25, 0.3) is 11.1 Å². The average molecular weight is 237 g/mol. The van der Waals surface area contributed by atoms with E-state index in [1.54, 1.807) is 12.1 Å². The first-order valence-corrected chi connectivity index (χ1v) is 5.47. The predicted octanol–water partition coefficient (Wildman–Crippen LogP) is 3.23. The van der Waals surface area contributed by atoms with Gasteiger partial charge in [-0.15, -0.1) is 0 Å². The second-order valence-corrected chi connectivity index (χ2v) is 3.99. The zero-order valence-electron chi connectivity index (χ0n) is 9.84. The van der Waals surface area contributed by atoms with E-state index in [2.05, 4.69) is 6.07 Å². The van der Waals surface area contributed by atoms with Crippen LogP contribution in [0.5, 0.6) is 0 Å². The fourth-order valence-electron chi connectivity index (χ4n) is 1.87. The molecule has 0 saturated carbocycles. The highest BCUT2D eigenvalue weighted by atomic mass is 16.4. The molecule has 0 bridgehead atoms. The lowest BCUT2D eigenvalue weighted by Crippen LogP contribution is -1.98. The highest BCUT2D eigenvalue weighted by Crippen LogP contribution is 2.27. The molecular formula is C15H11NO2. The quantitative estimate of drug-likeness (QED) is 0.872. The molecule has 0 aliphatic rings. The Morgan fingerprint density at radius 2 is 1.89 bits per heavy atom. The molecule has 0 atom stereocenters. The topological polar surface area (TPSA) is 61.1 Å². The van der Waals surface area contributed by atoms with Gasteiger partial charge in [0.15, 0.2) is 0 Å². The predicted molar refractivity (Wildman–Crippen MR) is 68.3 cm³/mol. The van der Waals surface area contributed by atoms with Gasteiger partial charge in [0.2, 0.25) is 0 Å². The van der Waals surface area contributed by atoms with Crippen molar-refractivity contribution in [3.05, 3.63) is 59.2 Å². The zero-order chi connectivity index (χ0) is 13.1. The van der Waals surface area contributed by atoms with Crippen molar-refractivity contribution in [2.24, 2.45) is 0 Å². The Hall–Kier alpha value is -2.60. The summed E-state index contributed by atoms with van der Waals surface area (Å²) in [5.74, 6) is -0.991. The molecule has 18 heavy (non-hydrogen) atoms. The molecule has 0 fully saturated rings. The van der Waals surface area contributed by atoms with E-state index in [4.69, 9.17) is 10.4 Å². The largest absolute Gasteiger partial charge is 0.478 e. The lowest BCUT2D eigenvalue weighted by atomic mass is 9.95. The minimum Gasteiger partial charge on any atom is -0.478 e. The van der Waals surface area contributed by atoms with Crippen LogP contribution in [0.1, 0.15) is 21.5 Å². The van der Waals surface area contributed by atoms with Gasteiger partial charge in [-0.25, -0.2) is 4.79 Å². The Labute approximate surface area is 105 Å². The van der Waals surface area contributed by atoms with Crippen LogP contribution in [-0.2, 0) is 0 Å². The summed E-state index contributed by atoms with van der Waals surface area (Å²) in [6.45, 7) is 1.93. The van der Waals surface area contributed by atoms with Crippen LogP contribution >= 0.6 is 0 Å². The van der Waals surface area contributed by atoms with Crippen molar-refractivity contribution in [3.63, 3.8) is 0 Å². The van der Waals surface area contributed by atoms with Gasteiger partial charge >= 0.3 is 5.97 Å². The number of aryl methyl sites for hydroxylation is 1. The maximum atomic E-state index is 11.0. The lowest BCUT2D eigenvalue weighted by Gasteiger charge is -2.08. The molecule has 0 amide bonds. The van der Waals surface area contributed by atoms with Crippen LogP contribution < -0.4 is 0 Å². The molecule has 3 heteroatoms. The number of hydrogen-bond acceptors (Lipinski definition) is 2. The molecule has 0 aromatic heterocycles. The van der Waals surface area contributed by atoms with E-state index in [1.165, 1.54) is 6.07 Å². The van der Waals surface area contributed by atoms with E-state index in [0.29, 0.717) is 11.1 Å². The van der Waals surface area contributed by atoms with Gasteiger partial charge in [-0.05, 0) is 36.2 Å². The summed E-state index contributed by atoms with van der Waals surface area (Å²) in [7, 11) is 0. The van der Waals surface area contributed by atoms with Crippen molar-refractivity contribution >= 4 is 5.97 Å². The third-order valence-electron chi connectivity index (χ3n) is 2.82. The van der Waals surface area contributed by atoms with E-state index in [1.807, 2.05) is 31.2 Å². The number of aromatic carboxylic acids is 1. The van der Waals surface area contributed by atoms with Gasteiger partial charge in [0.1, 0.15) is 0 Å². The monoisotopic (exact) mass is 237 g/mol. The van der Waals surface area contributed by atoms with Crippen LogP contribution in [0, 0.1) is 18.3 Å². The molecule has 3 nitrogen and oxygen atoms in total. The van der Waals surface area contributed by atoms with E-state index in [0.717, 1.165) is 11.1 Å². The summed E-state index contributed by atoms with van der Waals surface area (Å²) in [6, 6.07) is 14.2. The van der Waals surface area contributed by atoms with E-state index >= 15 is 0 Å². The molecule has 88 valence electrons. The Morgan fingerprint density at radius 3 is 2.50 bits per heavy atom. The molecule has 2 rings (SSSR count). The molecule has 0 aliphatic carbocycles. The summed E-state index contributed by atoms with van der Waals surface area (Å²) in [4.78, 5) is 11.0. The summed E-state index contributed by atoms with van der Waals surface area (Å²) >= 11 is 0. The SMILES string of the molecule is Cc1ccccc1-c1cc(C(=O)O)ccc1C#N. The molecule has 0 unspecified atom stereocenters. The van der Waals surface area contributed by atoms with Crippen molar-refractivity contribution < 1.29 is 9.90 Å². The third kappa shape index (κ3) is 2.09. The van der Waals surface area contributed by atoms with Gasteiger partial charge in [-0.2, -0.15) is 5.26 Å². The number of nitrogens with zero attached hydrogens (tertiary/aromatic N) is 1. The molecule has 0 radical (unpaired) electrons. The molecule has 1 N–H and O–H groups in total. The zero-order valence-corrected chi connectivity index (χ0v) is 9.84. The standard InChI is InChI=1S/C15H11NO2/c1-10-4-2-3-5-13(10)14-8-11(15(17)18)6-7-12(14)9-16/h2-8H,1H3,(H,17,18). The minimum absolute atomic E-state index is 0.187. The number of hydrogen-bond donors (Lipinski definition) is 1. The Kier molecular flexibility index (Phi) is 3.11. The molecular weight excluding hydrogens is 226 g/mol. The van der Waals surface area contributed by atoms with Gasteiger partial charge in [-0.1, -0.05) is 24.3 Å². The normalized spacial score (nSPS) is 9.78. The average Bonchev–Trinajstić information content (AvgIpc) is 2.38. The number of nitriles is 1. The highest BCUT2D eigenvalue weighted by molar-refractivity contribution is 5.90. The molecule has 0 spiro atoms. The third-order valence-corrected chi connectivity index (χ3v) is 2.82. The van der Waals surface area contributed by atoms with Gasteiger partial charge in [0, 0.05) is 5.56 Å². The van der Waals surface area contributed by atoms with Crippen molar-refractivity contribution in [1.29, 1.82) is 5.26 Å². The number of carbonyl (C=O) groups is 1. The second kappa shape index (κ2) is 4.72. The number of carboxylic acids is 1. The first-order valence-electron chi connectivity index (χ1n) is 5.47. The fraction of sp³-hybridized carbons (Fsp3) is 0.0667. The van der Waals surface area contributed by atoms with Crippen molar-refractivity contribution in [3.8, 4) is 17.2 Å². The molecule has 0 aliphatic heterocycles. The highest BCUT2D eigenvalue weighted by Gasteiger charge is 2.11. The van der Waals surface area contributed by atoms with Crippen LogP contribution in [0.3, 0.4) is 0 Å². The summed E-state index contributed by atoms with van der Waals surface area (Å²) in [5.41, 5.74) is 3.23. The first-order chi connectivity index (χ1) is 8.63. The molecule has 2 aromatic carbocycles. The van der Waals surface area contributed by atoms with E-state index in [-0.39, 0.29) is 5.56 Å². The maximum Gasteiger partial charge on any atom is 0.335 e. The van der Waals surface area contributed by atoms with Gasteiger partial charge in [0.25, 0.3) is 0 Å². The number of benzene rings is 2. The first kappa shape index (κ1) is 11.9. The van der Waals surface area contributed by atoms with Crippen LogP contribution in [0.15, 0.2) is 42.5 Å². The summed E-state index contributed by atoms with van der Waals surface area (Å²) in [6.07, 6.45) is 0. The number of rotatable bonds is 2. The lowest BCUT2D eigenvalue weighted by molar-refractivity contribution is 0.0697. The van der Waals surface area contributed by atoms with Crippen molar-refractivity contribution in [2.75, 3.05) is 0 Å². The van der Waals surface area contributed by atoms with E-state index < -0.39 is 5.97 Å². The van der Waals surface area contributed by atoms with Gasteiger partial charge in [-0.3, -0.25) is 0 Å². The summed E-state index contributed by atoms with van der Waals surface area (Å²) < 4.78 is 0. The summed E-state index contributed by atoms with van der Waals surface area (Å²) in [5, 5.41) is 18.1. The molecule has 0 saturated heterocycles. The van der Waals surface area contributed by atoms with E-state index in [9.17, 15) is 4.79 Å². The smallest absolute Gasteiger partial charge is 0.335 e. The Balaban J connectivity index is 2.69. The second-order valence-electron chi connectivity index (χ2n) is 3.99. The van der Waals surface area contributed by atoms with Crippen LogP contribution in [-0.4, -0.2) is 11.1 Å². The molecule has 0 heterocycles. The Morgan fingerprint density at radius 1 is 1.17 bits per heavy atom. The maximum absolute atomic E-state index is 11.0. The van der Waals surface area contributed by atoms with Crippen LogP contribution in [0.4, 0.5) is 0 Å². The Bertz CT molecular complexity index is 654. The molecule has 2 aromatic rings. The van der Waals surface area contributed by atoms with Crippen LogP contribution in [0.2, 0.25) is 0 Å². The van der Waals surface area contributed by atoms with Gasteiger partial charge in [0.05, 0.1) is 17.2 Å². The van der Waals surface area contributed by atoms with Crippen molar-refractivity contribution in [1.82, 2.24) is 0 Å². The van der Waals surface area contributed by atoms with Gasteiger partial charge < -0.3 is 5.11 Å². The number of carboxylic acid groups (broad SMARTS) is 1. The minimum atomic E-state index is -0.991. The fourth-order valence-corrected chi connectivity index (χ4v) is 1.87. The van der Waals surface area contributed by atoms with Crippen molar-refractivity contribution in [2.45, 2.75) is 6.92 Å².